The molecule has 4 nitrogen and oxygen atoms in total. The second-order valence-corrected chi connectivity index (χ2v) is 3.84. The Balaban J connectivity index is 4.47. The lowest BCUT2D eigenvalue weighted by molar-refractivity contribution is -0.900. The number of hydrogen-bond acceptors (Lipinski definition) is 3. The SMILES string of the molecule is C=C(C)C([O-])=N[N+](C)(C)CC(C)O. The Hall–Kier alpha value is -0.870. The van der Waals surface area contributed by atoms with Gasteiger partial charge in [0.15, 0.2) is 0 Å². The molecule has 0 aromatic carbocycles. The molecule has 0 saturated heterocycles. The standard InChI is InChI=1S/C9H18N2O2/c1-7(2)9(13)10-11(4,5)6-8(3)12/h8,12H,1,6H2,2-5H3. The second kappa shape index (κ2) is 4.39. The van der Waals surface area contributed by atoms with Crippen LogP contribution in [-0.4, -0.2) is 42.3 Å². The Kier molecular flexibility index (Phi) is 4.10. The van der Waals surface area contributed by atoms with Gasteiger partial charge >= 0.3 is 0 Å². The van der Waals surface area contributed by atoms with Crippen LogP contribution in [0.1, 0.15) is 13.8 Å². The van der Waals surface area contributed by atoms with E-state index in [0.29, 0.717) is 12.1 Å². The van der Waals surface area contributed by atoms with Crippen molar-refractivity contribution in [1.29, 1.82) is 0 Å². The molecule has 1 N–H and O–H groups in total. The maximum absolute atomic E-state index is 11.2. The Morgan fingerprint density at radius 3 is 2.38 bits per heavy atom. The zero-order valence-corrected chi connectivity index (χ0v) is 8.74. The van der Waals surface area contributed by atoms with Crippen LogP contribution in [-0.2, 0) is 0 Å². The number of aliphatic hydroxyl groups is 1. The number of rotatable bonds is 4. The van der Waals surface area contributed by atoms with Crippen molar-refractivity contribution >= 4 is 5.90 Å². The molecule has 0 spiro atoms. The summed E-state index contributed by atoms with van der Waals surface area (Å²) in [5.41, 5.74) is 0.414. The molecule has 0 aromatic rings. The zero-order valence-electron chi connectivity index (χ0n) is 8.74. The summed E-state index contributed by atoms with van der Waals surface area (Å²) >= 11 is 0. The first-order valence-electron chi connectivity index (χ1n) is 4.19. The van der Waals surface area contributed by atoms with Gasteiger partial charge in [0.25, 0.3) is 0 Å². The molecule has 0 bridgehead atoms. The van der Waals surface area contributed by atoms with Crippen molar-refractivity contribution < 1.29 is 14.8 Å². The molecule has 0 rings (SSSR count). The van der Waals surface area contributed by atoms with Gasteiger partial charge in [-0.15, -0.1) is 0 Å². The van der Waals surface area contributed by atoms with Crippen molar-refractivity contribution in [3.05, 3.63) is 12.2 Å². The monoisotopic (exact) mass is 186 g/mol. The van der Waals surface area contributed by atoms with Gasteiger partial charge in [0.05, 0.1) is 14.1 Å². The molecule has 1 atom stereocenters. The van der Waals surface area contributed by atoms with Gasteiger partial charge in [0.2, 0.25) is 0 Å². The summed E-state index contributed by atoms with van der Waals surface area (Å²) < 4.78 is 0.128. The van der Waals surface area contributed by atoms with Gasteiger partial charge < -0.3 is 10.2 Å². The zero-order chi connectivity index (χ0) is 10.6. The molecule has 0 aliphatic heterocycles. The van der Waals surface area contributed by atoms with Crippen LogP contribution in [0, 0.1) is 0 Å². The summed E-state index contributed by atoms with van der Waals surface area (Å²) in [5.74, 6) is -0.314. The molecule has 0 aliphatic rings. The molecule has 0 aliphatic carbocycles. The molecule has 76 valence electrons. The first-order valence-corrected chi connectivity index (χ1v) is 4.19. The lowest BCUT2D eigenvalue weighted by Crippen LogP contribution is -2.42. The fourth-order valence-corrected chi connectivity index (χ4v) is 1.02. The lowest BCUT2D eigenvalue weighted by atomic mass is 10.3. The number of likely N-dealkylation sites (N-methyl/N-ethyl adjacent to an activating group) is 1. The van der Waals surface area contributed by atoms with Crippen LogP contribution in [0.4, 0.5) is 0 Å². The van der Waals surface area contributed by atoms with Gasteiger partial charge in [-0.3, -0.25) is 0 Å². The van der Waals surface area contributed by atoms with Gasteiger partial charge in [-0.05, 0) is 19.4 Å². The molecule has 4 heteroatoms. The summed E-state index contributed by atoms with van der Waals surface area (Å²) in [7, 11) is 3.52. The van der Waals surface area contributed by atoms with Crippen molar-refractivity contribution in [2.45, 2.75) is 20.0 Å². The molecule has 0 heterocycles. The summed E-state index contributed by atoms with van der Waals surface area (Å²) in [6.07, 6.45) is -0.475. The molecule has 0 aromatic heterocycles. The van der Waals surface area contributed by atoms with E-state index >= 15 is 0 Å². The fraction of sp³-hybridized carbons (Fsp3) is 0.667. The molecular weight excluding hydrogens is 168 g/mol. The summed E-state index contributed by atoms with van der Waals surface area (Å²) in [5, 5.41) is 24.2. The highest BCUT2D eigenvalue weighted by Crippen LogP contribution is 2.02. The van der Waals surface area contributed by atoms with Gasteiger partial charge in [0, 0.05) is 5.90 Å². The van der Waals surface area contributed by atoms with Crippen LogP contribution in [0.25, 0.3) is 0 Å². The third-order valence-electron chi connectivity index (χ3n) is 1.44. The third-order valence-corrected chi connectivity index (χ3v) is 1.44. The van der Waals surface area contributed by atoms with Crippen molar-refractivity contribution in [3.63, 3.8) is 0 Å². The number of aliphatic hydroxyl groups excluding tert-OH is 1. The van der Waals surface area contributed by atoms with E-state index in [1.807, 2.05) is 0 Å². The molecule has 0 amide bonds. The minimum Gasteiger partial charge on any atom is -0.855 e. The highest BCUT2D eigenvalue weighted by Gasteiger charge is 2.16. The first-order chi connectivity index (χ1) is 5.74. The van der Waals surface area contributed by atoms with Gasteiger partial charge in [0.1, 0.15) is 12.6 Å². The third kappa shape index (κ3) is 5.38. The summed E-state index contributed by atoms with van der Waals surface area (Å²) in [6.45, 7) is 7.20. The first kappa shape index (κ1) is 12.1. The van der Waals surface area contributed by atoms with Crippen LogP contribution in [0.2, 0.25) is 0 Å². The van der Waals surface area contributed by atoms with E-state index in [4.69, 9.17) is 5.11 Å². The largest absolute Gasteiger partial charge is 0.855 e. The Morgan fingerprint density at radius 2 is 2.08 bits per heavy atom. The Labute approximate surface area is 79.4 Å². The van der Waals surface area contributed by atoms with Crippen LogP contribution in [0.15, 0.2) is 17.3 Å². The van der Waals surface area contributed by atoms with Crippen molar-refractivity contribution in [2.24, 2.45) is 5.10 Å². The minimum atomic E-state index is -0.475. The average molecular weight is 186 g/mol. The normalized spacial score (nSPS) is 15.6. The molecule has 0 radical (unpaired) electrons. The molecule has 0 saturated carbocycles. The fourth-order valence-electron chi connectivity index (χ4n) is 1.02. The van der Waals surface area contributed by atoms with Gasteiger partial charge in [-0.25, -0.2) is 4.59 Å². The topological polar surface area (TPSA) is 55.7 Å². The highest BCUT2D eigenvalue weighted by molar-refractivity contribution is 5.87. The van der Waals surface area contributed by atoms with Crippen LogP contribution >= 0.6 is 0 Å². The van der Waals surface area contributed by atoms with Crippen LogP contribution < -0.4 is 5.11 Å². The summed E-state index contributed by atoms with van der Waals surface area (Å²) in [4.78, 5) is 0. The summed E-state index contributed by atoms with van der Waals surface area (Å²) in [6, 6.07) is 0. The van der Waals surface area contributed by atoms with Gasteiger partial charge in [-0.1, -0.05) is 11.7 Å². The number of nitrogens with zero attached hydrogens (tertiary/aromatic N) is 2. The van der Waals surface area contributed by atoms with E-state index in [1.54, 1.807) is 27.9 Å². The highest BCUT2D eigenvalue weighted by atomic mass is 16.3. The average Bonchev–Trinajstić information content (AvgIpc) is 1.81. The van der Waals surface area contributed by atoms with E-state index in [2.05, 4.69) is 11.7 Å². The van der Waals surface area contributed by atoms with Crippen LogP contribution in [0.3, 0.4) is 0 Å². The van der Waals surface area contributed by atoms with E-state index in [0.717, 1.165) is 0 Å². The van der Waals surface area contributed by atoms with E-state index in [9.17, 15) is 5.11 Å². The number of quaternary nitrogens is 1. The maximum atomic E-state index is 11.2. The van der Waals surface area contributed by atoms with Gasteiger partial charge in [-0.2, -0.15) is 0 Å². The van der Waals surface area contributed by atoms with E-state index in [-0.39, 0.29) is 10.5 Å². The Bertz CT molecular complexity index is 220. The molecule has 0 fully saturated rings. The molecule has 13 heavy (non-hydrogen) atoms. The predicted molar refractivity (Wildman–Crippen MR) is 50.9 cm³/mol. The predicted octanol–water partition coefficient (Wildman–Crippen LogP) is -0.307. The molecule has 1 unspecified atom stereocenters. The maximum Gasteiger partial charge on any atom is 0.128 e. The van der Waals surface area contributed by atoms with E-state index in [1.165, 1.54) is 0 Å². The molecular formula is C9H18N2O2. The van der Waals surface area contributed by atoms with E-state index < -0.39 is 6.10 Å². The second-order valence-electron chi connectivity index (χ2n) is 3.84. The van der Waals surface area contributed by atoms with Crippen molar-refractivity contribution in [1.82, 2.24) is 0 Å². The minimum absolute atomic E-state index is 0.128. The van der Waals surface area contributed by atoms with Crippen molar-refractivity contribution in [2.75, 3.05) is 20.6 Å². The number of hydrogen-bond donors (Lipinski definition) is 1. The smallest absolute Gasteiger partial charge is 0.128 e. The lowest BCUT2D eigenvalue weighted by Gasteiger charge is -2.26. The Morgan fingerprint density at radius 1 is 1.62 bits per heavy atom. The van der Waals surface area contributed by atoms with Crippen LogP contribution in [0.5, 0.6) is 0 Å². The van der Waals surface area contributed by atoms with Crippen molar-refractivity contribution in [3.8, 4) is 0 Å². The quantitative estimate of drug-likeness (QED) is 0.283.